The molecular weight excluding hydrogens is 420 g/mol. The first kappa shape index (κ1) is 24.6. The molecule has 3 rings (SSSR count). The molecule has 0 spiro atoms. The van der Waals surface area contributed by atoms with E-state index in [2.05, 4.69) is 15.6 Å². The summed E-state index contributed by atoms with van der Waals surface area (Å²) in [5.41, 5.74) is 8.81. The van der Waals surface area contributed by atoms with Crippen LogP contribution >= 0.6 is 12.4 Å². The highest BCUT2D eigenvalue weighted by molar-refractivity contribution is 5.94. The molecule has 2 aromatic rings. The number of rotatable bonds is 6. The molecule has 0 aliphatic carbocycles. The van der Waals surface area contributed by atoms with Crippen LogP contribution in [0.4, 0.5) is 10.5 Å². The number of benzene rings is 1. The van der Waals surface area contributed by atoms with Crippen LogP contribution in [-0.2, 0) is 16.1 Å². The number of aromatic nitrogens is 3. The van der Waals surface area contributed by atoms with Gasteiger partial charge in [0.15, 0.2) is 0 Å². The van der Waals surface area contributed by atoms with Crippen LogP contribution < -0.4 is 16.0 Å². The molecule has 0 saturated heterocycles. The van der Waals surface area contributed by atoms with Gasteiger partial charge in [-0.1, -0.05) is 11.3 Å². The Kier molecular flexibility index (Phi) is 8.41. The largest absolute Gasteiger partial charge is 0.447 e. The van der Waals surface area contributed by atoms with Gasteiger partial charge in [0.25, 0.3) is 0 Å². The van der Waals surface area contributed by atoms with E-state index in [1.54, 1.807) is 30.4 Å². The van der Waals surface area contributed by atoms with E-state index in [-0.39, 0.29) is 36.5 Å². The van der Waals surface area contributed by atoms with Crippen molar-refractivity contribution in [2.24, 2.45) is 5.73 Å². The Morgan fingerprint density at radius 3 is 2.74 bits per heavy atom. The van der Waals surface area contributed by atoms with Gasteiger partial charge in [-0.3, -0.25) is 9.48 Å². The van der Waals surface area contributed by atoms with Crippen molar-refractivity contribution in [3.8, 4) is 11.3 Å². The summed E-state index contributed by atoms with van der Waals surface area (Å²) in [7, 11) is 0. The normalized spacial score (nSPS) is 17.7. The summed E-state index contributed by atoms with van der Waals surface area (Å²) in [6.07, 6.45) is 2.60. The Morgan fingerprint density at radius 2 is 2.10 bits per heavy atom. The SMILES string of the molecule is CC(=O)N1c2ccc(-c3cn(CCCN)nn3)cc2[C@H](NC(=O)OC(C)C)C[C@@H]1C.Cl. The molecular formula is C21H31ClN6O3. The van der Waals surface area contributed by atoms with Crippen LogP contribution in [0.3, 0.4) is 0 Å². The van der Waals surface area contributed by atoms with Gasteiger partial charge in [0.2, 0.25) is 5.91 Å². The van der Waals surface area contributed by atoms with E-state index < -0.39 is 6.09 Å². The fraction of sp³-hybridized carbons (Fsp3) is 0.524. The Morgan fingerprint density at radius 1 is 1.35 bits per heavy atom. The van der Waals surface area contributed by atoms with E-state index in [1.807, 2.05) is 31.3 Å². The van der Waals surface area contributed by atoms with Crippen molar-refractivity contribution < 1.29 is 14.3 Å². The number of fused-ring (bicyclic) bond motifs is 1. The van der Waals surface area contributed by atoms with Crippen LogP contribution in [0.25, 0.3) is 11.3 Å². The van der Waals surface area contributed by atoms with Gasteiger partial charge in [0.1, 0.15) is 5.69 Å². The van der Waals surface area contributed by atoms with Crippen molar-refractivity contribution in [3.63, 3.8) is 0 Å². The number of nitrogens with one attached hydrogen (secondary N) is 1. The Bertz CT molecular complexity index is 916. The van der Waals surface area contributed by atoms with Crippen molar-refractivity contribution in [3.05, 3.63) is 30.0 Å². The number of carbonyl (C=O) groups excluding carboxylic acids is 2. The van der Waals surface area contributed by atoms with Gasteiger partial charge in [-0.2, -0.15) is 0 Å². The molecule has 0 bridgehead atoms. The number of carbonyl (C=O) groups is 2. The van der Waals surface area contributed by atoms with Crippen molar-refractivity contribution >= 4 is 30.1 Å². The molecule has 2 heterocycles. The maximum atomic E-state index is 12.3. The number of nitrogens with two attached hydrogens (primary N) is 1. The minimum atomic E-state index is -0.470. The number of hydrogen-bond donors (Lipinski definition) is 2. The van der Waals surface area contributed by atoms with Gasteiger partial charge >= 0.3 is 6.09 Å². The van der Waals surface area contributed by atoms with Gasteiger partial charge in [-0.15, -0.1) is 17.5 Å². The third-order valence-corrected chi connectivity index (χ3v) is 5.08. The van der Waals surface area contributed by atoms with Gasteiger partial charge in [-0.05, 0) is 57.9 Å². The van der Waals surface area contributed by atoms with Crippen LogP contribution in [0.2, 0.25) is 0 Å². The number of aryl methyl sites for hydroxylation is 1. The average molecular weight is 451 g/mol. The van der Waals surface area contributed by atoms with Crippen LogP contribution in [-0.4, -0.2) is 45.7 Å². The predicted molar refractivity (Wildman–Crippen MR) is 121 cm³/mol. The fourth-order valence-corrected chi connectivity index (χ4v) is 3.82. The first-order valence-electron chi connectivity index (χ1n) is 10.3. The molecule has 0 saturated carbocycles. The first-order valence-corrected chi connectivity index (χ1v) is 10.3. The molecule has 9 nitrogen and oxygen atoms in total. The summed E-state index contributed by atoms with van der Waals surface area (Å²) in [5.74, 6) is -0.0348. The first-order chi connectivity index (χ1) is 14.3. The van der Waals surface area contributed by atoms with Crippen molar-refractivity contribution in [2.45, 2.75) is 65.3 Å². The number of alkyl carbamates (subject to hydrolysis) is 1. The summed E-state index contributed by atoms with van der Waals surface area (Å²) < 4.78 is 7.03. The molecule has 0 fully saturated rings. The molecule has 0 unspecified atom stereocenters. The molecule has 3 N–H and O–H groups in total. The Labute approximate surface area is 188 Å². The highest BCUT2D eigenvalue weighted by Crippen LogP contribution is 2.39. The van der Waals surface area contributed by atoms with E-state index in [1.165, 1.54) is 0 Å². The van der Waals surface area contributed by atoms with Gasteiger partial charge in [0, 0.05) is 30.8 Å². The molecule has 2 atom stereocenters. The van der Waals surface area contributed by atoms with E-state index in [9.17, 15) is 9.59 Å². The maximum Gasteiger partial charge on any atom is 0.407 e. The average Bonchev–Trinajstić information content (AvgIpc) is 3.14. The zero-order valence-corrected chi connectivity index (χ0v) is 19.2. The van der Waals surface area contributed by atoms with Crippen molar-refractivity contribution in [1.82, 2.24) is 20.3 Å². The molecule has 1 aliphatic rings. The lowest BCUT2D eigenvalue weighted by Gasteiger charge is -2.39. The molecule has 1 aromatic carbocycles. The summed E-state index contributed by atoms with van der Waals surface area (Å²) in [4.78, 5) is 26.3. The molecule has 1 aromatic heterocycles. The molecule has 10 heteroatoms. The molecule has 0 radical (unpaired) electrons. The van der Waals surface area contributed by atoms with E-state index in [4.69, 9.17) is 10.5 Å². The highest BCUT2D eigenvalue weighted by Gasteiger charge is 2.34. The highest BCUT2D eigenvalue weighted by atomic mass is 35.5. The zero-order valence-electron chi connectivity index (χ0n) is 18.4. The van der Waals surface area contributed by atoms with Gasteiger partial charge in [0.05, 0.1) is 18.3 Å². The third-order valence-electron chi connectivity index (χ3n) is 5.08. The second kappa shape index (κ2) is 10.6. The second-order valence-corrected chi connectivity index (χ2v) is 7.91. The van der Waals surface area contributed by atoms with Crippen LogP contribution in [0.15, 0.2) is 24.4 Å². The minimum absolute atomic E-state index is 0. The summed E-state index contributed by atoms with van der Waals surface area (Å²) in [6, 6.07) is 5.47. The summed E-state index contributed by atoms with van der Waals surface area (Å²) >= 11 is 0. The molecule has 170 valence electrons. The second-order valence-electron chi connectivity index (χ2n) is 7.91. The Hall–Kier alpha value is -2.65. The van der Waals surface area contributed by atoms with Crippen molar-refractivity contribution in [2.75, 3.05) is 11.4 Å². The number of halogens is 1. The standard InChI is InChI=1S/C21H30N6O3.ClH/c1-13(2)30-21(29)23-18-10-14(3)27(15(4)28)20-7-6-16(11-17(18)20)19-12-26(25-24-19)9-5-8-22;/h6-7,11-14,18H,5,8-10,22H2,1-4H3,(H,23,29);1H/t14-,18+;/m0./s1. The van der Waals surface area contributed by atoms with Crippen LogP contribution in [0.1, 0.15) is 52.1 Å². The topological polar surface area (TPSA) is 115 Å². The minimum Gasteiger partial charge on any atom is -0.447 e. The van der Waals surface area contributed by atoms with Gasteiger partial charge < -0.3 is 20.7 Å². The van der Waals surface area contributed by atoms with Crippen LogP contribution in [0.5, 0.6) is 0 Å². The zero-order chi connectivity index (χ0) is 21.8. The summed E-state index contributed by atoms with van der Waals surface area (Å²) in [5, 5.41) is 11.4. The quantitative estimate of drug-likeness (QED) is 0.698. The lowest BCUT2D eigenvalue weighted by molar-refractivity contribution is -0.117. The smallest absolute Gasteiger partial charge is 0.407 e. The monoisotopic (exact) mass is 450 g/mol. The lowest BCUT2D eigenvalue weighted by Crippen LogP contribution is -2.45. The molecule has 31 heavy (non-hydrogen) atoms. The molecule has 1 aliphatic heterocycles. The van der Waals surface area contributed by atoms with Crippen molar-refractivity contribution in [1.29, 1.82) is 0 Å². The Balaban J connectivity index is 0.00000341. The number of ether oxygens (including phenoxy) is 1. The number of amides is 2. The predicted octanol–water partition coefficient (Wildman–Crippen LogP) is 3.04. The number of anilines is 1. The van der Waals surface area contributed by atoms with E-state index in [0.717, 1.165) is 28.9 Å². The summed E-state index contributed by atoms with van der Waals surface area (Å²) in [6.45, 7) is 8.44. The maximum absolute atomic E-state index is 12.3. The van der Waals surface area contributed by atoms with E-state index >= 15 is 0 Å². The van der Waals surface area contributed by atoms with E-state index in [0.29, 0.717) is 19.5 Å². The van der Waals surface area contributed by atoms with Gasteiger partial charge in [-0.25, -0.2) is 4.79 Å². The third kappa shape index (κ3) is 5.74. The fourth-order valence-electron chi connectivity index (χ4n) is 3.82. The number of hydrogen-bond acceptors (Lipinski definition) is 6. The number of nitrogens with zero attached hydrogens (tertiary/aromatic N) is 4. The lowest BCUT2D eigenvalue weighted by atomic mass is 9.90. The molecule has 2 amide bonds. The van der Waals surface area contributed by atoms with Crippen LogP contribution in [0, 0.1) is 0 Å².